The number of Topliss-reactive ketones (excluding diaryl/α,β-unsaturated/α-hetero) is 1. The molecule has 0 spiro atoms. The van der Waals surface area contributed by atoms with E-state index in [0.29, 0.717) is 6.42 Å². The molecule has 3 N–H and O–H groups in total. The van der Waals surface area contributed by atoms with E-state index < -0.39 is 24.6 Å². The van der Waals surface area contributed by atoms with Gasteiger partial charge in [-0.2, -0.15) is 0 Å². The van der Waals surface area contributed by atoms with Gasteiger partial charge in [-0.15, -0.1) is 0 Å². The number of ketones is 1. The van der Waals surface area contributed by atoms with Crippen LogP contribution in [0.1, 0.15) is 77.6 Å². The molecule has 120 valence electrons. The molecule has 0 fully saturated rings. The van der Waals surface area contributed by atoms with Crippen LogP contribution >= 0.6 is 0 Å². The maximum atomic E-state index is 11.3. The minimum absolute atomic E-state index is 0.381. The summed E-state index contributed by atoms with van der Waals surface area (Å²) in [6.45, 7) is 1.60. The van der Waals surface area contributed by atoms with Gasteiger partial charge in [0, 0.05) is 0 Å². The van der Waals surface area contributed by atoms with Crippen LogP contribution in [0.5, 0.6) is 0 Å². The van der Waals surface area contributed by atoms with Crippen LogP contribution in [0.3, 0.4) is 0 Å². The Labute approximate surface area is 123 Å². The lowest BCUT2D eigenvalue weighted by atomic mass is 10.0. The zero-order chi connectivity index (χ0) is 15.2. The number of hydrogen-bond acceptors (Lipinski definition) is 4. The highest BCUT2D eigenvalue weighted by Gasteiger charge is 2.21. The molecule has 0 aliphatic rings. The van der Waals surface area contributed by atoms with Gasteiger partial charge in [0.15, 0.2) is 5.78 Å². The predicted molar refractivity (Wildman–Crippen MR) is 80.6 cm³/mol. The standard InChI is InChI=1S/C16H32O4/c1-2-3-4-5-6-7-8-9-10-11-12-14(18)16(20)15(19)13-17/h14-15,17-19H,2-13H2,1H3. The third-order valence-corrected chi connectivity index (χ3v) is 3.66. The van der Waals surface area contributed by atoms with Crippen molar-refractivity contribution in [2.24, 2.45) is 0 Å². The molecule has 0 radical (unpaired) electrons. The average Bonchev–Trinajstić information content (AvgIpc) is 2.47. The van der Waals surface area contributed by atoms with Crippen LogP contribution in [0.4, 0.5) is 0 Å². The van der Waals surface area contributed by atoms with Crippen molar-refractivity contribution in [1.29, 1.82) is 0 Å². The quantitative estimate of drug-likeness (QED) is 0.429. The number of unbranched alkanes of at least 4 members (excludes halogenated alkanes) is 9. The molecule has 4 nitrogen and oxygen atoms in total. The highest BCUT2D eigenvalue weighted by Crippen LogP contribution is 2.12. The van der Waals surface area contributed by atoms with Crippen molar-refractivity contribution >= 4 is 5.78 Å². The molecule has 0 bridgehead atoms. The molecule has 2 atom stereocenters. The molecule has 4 heteroatoms. The zero-order valence-electron chi connectivity index (χ0n) is 12.9. The summed E-state index contributed by atoms with van der Waals surface area (Å²) in [7, 11) is 0. The maximum absolute atomic E-state index is 11.3. The molecule has 2 unspecified atom stereocenters. The number of rotatable bonds is 14. The van der Waals surface area contributed by atoms with E-state index in [9.17, 15) is 9.90 Å². The molecule has 0 heterocycles. The second kappa shape index (κ2) is 13.5. The first-order chi connectivity index (χ1) is 9.63. The fraction of sp³-hybridized carbons (Fsp3) is 0.938. The smallest absolute Gasteiger partial charge is 0.191 e. The number of aliphatic hydroxyl groups excluding tert-OH is 3. The van der Waals surface area contributed by atoms with Gasteiger partial charge in [-0.1, -0.05) is 71.1 Å². The third-order valence-electron chi connectivity index (χ3n) is 3.66. The van der Waals surface area contributed by atoms with Crippen LogP contribution in [-0.2, 0) is 4.79 Å². The number of carbonyl (C=O) groups excluding carboxylic acids is 1. The lowest BCUT2D eigenvalue weighted by molar-refractivity contribution is -0.137. The summed E-state index contributed by atoms with van der Waals surface area (Å²) in [5.74, 6) is -0.663. The van der Waals surface area contributed by atoms with E-state index in [-0.39, 0.29) is 0 Å². The molecule has 0 aliphatic heterocycles. The van der Waals surface area contributed by atoms with Gasteiger partial charge in [0.1, 0.15) is 12.2 Å². The van der Waals surface area contributed by atoms with Crippen molar-refractivity contribution in [3.8, 4) is 0 Å². The number of hydrogen-bond donors (Lipinski definition) is 3. The zero-order valence-corrected chi connectivity index (χ0v) is 12.9. The van der Waals surface area contributed by atoms with Crippen LogP contribution in [0.2, 0.25) is 0 Å². The Morgan fingerprint density at radius 1 is 0.800 bits per heavy atom. The topological polar surface area (TPSA) is 77.8 Å². The van der Waals surface area contributed by atoms with Gasteiger partial charge in [-0.05, 0) is 6.42 Å². The summed E-state index contributed by atoms with van der Waals surface area (Å²) in [6.07, 6.45) is 9.85. The SMILES string of the molecule is CCCCCCCCCCCCC(O)C(=O)C(O)CO. The molecule has 0 aromatic heterocycles. The molecule has 0 saturated carbocycles. The first kappa shape index (κ1) is 19.6. The van der Waals surface area contributed by atoms with Crippen molar-refractivity contribution in [3.63, 3.8) is 0 Å². The van der Waals surface area contributed by atoms with E-state index in [1.165, 1.54) is 44.9 Å². The van der Waals surface area contributed by atoms with Gasteiger partial charge in [0.25, 0.3) is 0 Å². The summed E-state index contributed by atoms with van der Waals surface area (Å²) in [5.41, 5.74) is 0. The average molecular weight is 288 g/mol. The van der Waals surface area contributed by atoms with E-state index in [1.807, 2.05) is 0 Å². The van der Waals surface area contributed by atoms with Gasteiger partial charge in [0.05, 0.1) is 6.61 Å². The van der Waals surface area contributed by atoms with Crippen molar-refractivity contribution in [3.05, 3.63) is 0 Å². The van der Waals surface area contributed by atoms with E-state index in [4.69, 9.17) is 10.2 Å². The largest absolute Gasteiger partial charge is 0.393 e. The van der Waals surface area contributed by atoms with Crippen LogP contribution < -0.4 is 0 Å². The van der Waals surface area contributed by atoms with Gasteiger partial charge in [0.2, 0.25) is 0 Å². The molecule has 0 rings (SSSR count). The Bertz CT molecular complexity index is 231. The van der Waals surface area contributed by atoms with E-state index in [0.717, 1.165) is 19.3 Å². The summed E-state index contributed by atoms with van der Waals surface area (Å²) < 4.78 is 0. The first-order valence-corrected chi connectivity index (χ1v) is 8.14. The fourth-order valence-electron chi connectivity index (χ4n) is 2.28. The highest BCUT2D eigenvalue weighted by atomic mass is 16.3. The second-order valence-corrected chi connectivity index (χ2v) is 5.59. The van der Waals surface area contributed by atoms with Crippen LogP contribution in [-0.4, -0.2) is 39.9 Å². The lowest BCUT2D eigenvalue weighted by Gasteiger charge is -2.12. The molecular weight excluding hydrogens is 256 g/mol. The van der Waals surface area contributed by atoms with Crippen molar-refractivity contribution in [1.82, 2.24) is 0 Å². The molecule has 20 heavy (non-hydrogen) atoms. The molecule has 0 aromatic carbocycles. The Balaban J connectivity index is 3.33. The van der Waals surface area contributed by atoms with Crippen molar-refractivity contribution in [2.45, 2.75) is 89.8 Å². The third kappa shape index (κ3) is 10.4. The number of carbonyl (C=O) groups is 1. The van der Waals surface area contributed by atoms with Crippen LogP contribution in [0, 0.1) is 0 Å². The Morgan fingerprint density at radius 2 is 1.25 bits per heavy atom. The van der Waals surface area contributed by atoms with Gasteiger partial charge in [-0.25, -0.2) is 0 Å². The van der Waals surface area contributed by atoms with Crippen molar-refractivity contribution < 1.29 is 20.1 Å². The predicted octanol–water partition coefficient (Wildman–Crippen LogP) is 2.58. The molecule has 0 aliphatic carbocycles. The van der Waals surface area contributed by atoms with Crippen molar-refractivity contribution in [2.75, 3.05) is 6.61 Å². The van der Waals surface area contributed by atoms with Gasteiger partial charge in [-0.3, -0.25) is 4.79 Å². The molecule has 0 aromatic rings. The first-order valence-electron chi connectivity index (χ1n) is 8.14. The normalized spacial score (nSPS) is 14.2. The highest BCUT2D eigenvalue weighted by molar-refractivity contribution is 5.86. The monoisotopic (exact) mass is 288 g/mol. The molecule has 0 amide bonds. The summed E-state index contributed by atoms with van der Waals surface area (Å²) in [4.78, 5) is 11.3. The summed E-state index contributed by atoms with van der Waals surface area (Å²) >= 11 is 0. The minimum Gasteiger partial charge on any atom is -0.393 e. The molecule has 0 saturated heterocycles. The maximum Gasteiger partial charge on any atom is 0.191 e. The second-order valence-electron chi connectivity index (χ2n) is 5.59. The fourth-order valence-corrected chi connectivity index (χ4v) is 2.28. The molecular formula is C16H32O4. The minimum atomic E-state index is -1.44. The van der Waals surface area contributed by atoms with Gasteiger partial charge < -0.3 is 15.3 Å². The lowest BCUT2D eigenvalue weighted by Crippen LogP contribution is -2.34. The Kier molecular flexibility index (Phi) is 13.2. The Hall–Kier alpha value is -0.450. The summed E-state index contributed by atoms with van der Waals surface area (Å²) in [5, 5.41) is 27.2. The summed E-state index contributed by atoms with van der Waals surface area (Å²) in [6, 6.07) is 0. The van der Waals surface area contributed by atoms with E-state index in [1.54, 1.807) is 0 Å². The van der Waals surface area contributed by atoms with E-state index in [2.05, 4.69) is 6.92 Å². The Morgan fingerprint density at radius 3 is 1.70 bits per heavy atom. The van der Waals surface area contributed by atoms with Crippen LogP contribution in [0.25, 0.3) is 0 Å². The van der Waals surface area contributed by atoms with Crippen LogP contribution in [0.15, 0.2) is 0 Å². The van der Waals surface area contributed by atoms with E-state index >= 15 is 0 Å². The number of aliphatic hydroxyl groups is 3. The van der Waals surface area contributed by atoms with Gasteiger partial charge >= 0.3 is 0 Å².